The van der Waals surface area contributed by atoms with E-state index in [0.717, 1.165) is 19.7 Å². The molecule has 0 radical (unpaired) electrons. The fourth-order valence-corrected chi connectivity index (χ4v) is 1.34. The zero-order chi connectivity index (χ0) is 10.9. The van der Waals surface area contributed by atoms with Crippen LogP contribution in [0.4, 0.5) is 0 Å². The van der Waals surface area contributed by atoms with Gasteiger partial charge in [0.1, 0.15) is 0 Å². The molecule has 0 aliphatic rings. The van der Waals surface area contributed by atoms with Crippen molar-refractivity contribution in [2.75, 3.05) is 26.8 Å². The van der Waals surface area contributed by atoms with Gasteiger partial charge in [-0.25, -0.2) is 0 Å². The summed E-state index contributed by atoms with van der Waals surface area (Å²) in [5.74, 6) is 0. The highest BCUT2D eigenvalue weighted by atomic mass is 16.5. The molecular formula is C13H19NO. The highest BCUT2D eigenvalue weighted by Gasteiger charge is 1.91. The Bertz CT molecular complexity index is 293. The number of hydrogen-bond acceptors (Lipinski definition) is 2. The Morgan fingerprint density at radius 1 is 1.33 bits per heavy atom. The molecule has 0 aliphatic carbocycles. The Morgan fingerprint density at radius 3 is 2.73 bits per heavy atom. The predicted molar refractivity (Wildman–Crippen MR) is 64.8 cm³/mol. The molecule has 2 nitrogen and oxygen atoms in total. The molecule has 0 spiro atoms. The molecule has 0 atom stereocenters. The lowest BCUT2D eigenvalue weighted by atomic mass is 10.1. The van der Waals surface area contributed by atoms with E-state index in [9.17, 15) is 0 Å². The highest BCUT2D eigenvalue weighted by Crippen LogP contribution is 2.04. The standard InChI is InChI=1S/C13H19NO/c1-12(11-14-8-9-15-2)10-13-6-4-3-5-7-13/h3-7,10,14H,8-9,11H2,1-2H3. The number of nitrogens with one attached hydrogen (secondary N) is 1. The third-order valence-electron chi connectivity index (χ3n) is 2.10. The van der Waals surface area contributed by atoms with E-state index in [1.807, 2.05) is 6.07 Å². The molecule has 0 bridgehead atoms. The van der Waals surface area contributed by atoms with Crippen LogP contribution in [0, 0.1) is 0 Å². The molecule has 0 aliphatic heterocycles. The fraction of sp³-hybridized carbons (Fsp3) is 0.385. The van der Waals surface area contributed by atoms with Crippen LogP contribution in [0.25, 0.3) is 6.08 Å². The van der Waals surface area contributed by atoms with Gasteiger partial charge in [-0.05, 0) is 12.5 Å². The average Bonchev–Trinajstić information content (AvgIpc) is 2.26. The van der Waals surface area contributed by atoms with E-state index in [-0.39, 0.29) is 0 Å². The first-order chi connectivity index (χ1) is 7.33. The van der Waals surface area contributed by atoms with Crippen LogP contribution in [-0.4, -0.2) is 26.8 Å². The van der Waals surface area contributed by atoms with Gasteiger partial charge < -0.3 is 10.1 Å². The van der Waals surface area contributed by atoms with Crippen LogP contribution in [0.5, 0.6) is 0 Å². The predicted octanol–water partition coefficient (Wildman–Crippen LogP) is 2.33. The van der Waals surface area contributed by atoms with E-state index in [2.05, 4.69) is 42.6 Å². The van der Waals surface area contributed by atoms with Crippen LogP contribution in [0.15, 0.2) is 35.9 Å². The van der Waals surface area contributed by atoms with Crippen molar-refractivity contribution >= 4 is 6.08 Å². The van der Waals surface area contributed by atoms with E-state index in [1.54, 1.807) is 7.11 Å². The second-order valence-electron chi connectivity index (χ2n) is 3.57. The summed E-state index contributed by atoms with van der Waals surface area (Å²) in [6.45, 7) is 4.71. The van der Waals surface area contributed by atoms with Crippen molar-refractivity contribution in [2.45, 2.75) is 6.92 Å². The van der Waals surface area contributed by atoms with Crippen molar-refractivity contribution in [1.82, 2.24) is 5.32 Å². The van der Waals surface area contributed by atoms with Gasteiger partial charge in [-0.1, -0.05) is 42.0 Å². The zero-order valence-electron chi connectivity index (χ0n) is 9.49. The van der Waals surface area contributed by atoms with Gasteiger partial charge in [0.25, 0.3) is 0 Å². The Labute approximate surface area is 92.0 Å². The molecule has 0 aromatic heterocycles. The molecule has 2 heteroatoms. The SMILES string of the molecule is COCCNCC(C)=Cc1ccccc1. The molecule has 1 aromatic carbocycles. The van der Waals surface area contributed by atoms with E-state index in [0.29, 0.717) is 0 Å². The maximum Gasteiger partial charge on any atom is 0.0587 e. The first-order valence-electron chi connectivity index (χ1n) is 5.25. The Kier molecular flexibility index (Phi) is 5.74. The number of hydrogen-bond donors (Lipinski definition) is 1. The maximum absolute atomic E-state index is 4.96. The number of methoxy groups -OCH3 is 1. The lowest BCUT2D eigenvalue weighted by Crippen LogP contribution is -2.20. The Balaban J connectivity index is 2.33. The molecule has 15 heavy (non-hydrogen) atoms. The van der Waals surface area contributed by atoms with Crippen LogP contribution in [0.1, 0.15) is 12.5 Å². The summed E-state index contributed by atoms with van der Waals surface area (Å²) in [5.41, 5.74) is 2.58. The Morgan fingerprint density at radius 2 is 2.07 bits per heavy atom. The van der Waals surface area contributed by atoms with Crippen molar-refractivity contribution < 1.29 is 4.74 Å². The Hall–Kier alpha value is -1.12. The van der Waals surface area contributed by atoms with E-state index >= 15 is 0 Å². The second-order valence-corrected chi connectivity index (χ2v) is 3.57. The van der Waals surface area contributed by atoms with Gasteiger partial charge in [-0.2, -0.15) is 0 Å². The van der Waals surface area contributed by atoms with Gasteiger partial charge >= 0.3 is 0 Å². The molecule has 82 valence electrons. The maximum atomic E-state index is 4.96. The minimum Gasteiger partial charge on any atom is -0.383 e. The third-order valence-corrected chi connectivity index (χ3v) is 2.10. The van der Waals surface area contributed by atoms with Gasteiger partial charge in [0.2, 0.25) is 0 Å². The van der Waals surface area contributed by atoms with E-state index < -0.39 is 0 Å². The van der Waals surface area contributed by atoms with Gasteiger partial charge in [0.05, 0.1) is 6.61 Å². The largest absolute Gasteiger partial charge is 0.383 e. The van der Waals surface area contributed by atoms with Crippen molar-refractivity contribution in [1.29, 1.82) is 0 Å². The third kappa shape index (κ3) is 5.35. The van der Waals surface area contributed by atoms with E-state index in [1.165, 1.54) is 11.1 Å². The minimum atomic E-state index is 0.763. The van der Waals surface area contributed by atoms with Crippen LogP contribution >= 0.6 is 0 Å². The molecule has 1 aromatic rings. The summed E-state index contributed by atoms with van der Waals surface area (Å²) in [5, 5.41) is 3.31. The first kappa shape index (κ1) is 12.0. The summed E-state index contributed by atoms with van der Waals surface area (Å²) in [6.07, 6.45) is 2.19. The number of ether oxygens (including phenoxy) is 1. The first-order valence-corrected chi connectivity index (χ1v) is 5.25. The average molecular weight is 205 g/mol. The number of rotatable bonds is 6. The summed E-state index contributed by atoms with van der Waals surface area (Å²) in [6, 6.07) is 10.4. The van der Waals surface area contributed by atoms with Gasteiger partial charge in [-0.15, -0.1) is 0 Å². The molecule has 0 saturated carbocycles. The molecule has 0 saturated heterocycles. The minimum absolute atomic E-state index is 0.763. The summed E-state index contributed by atoms with van der Waals surface area (Å²) < 4.78 is 4.96. The van der Waals surface area contributed by atoms with Gasteiger partial charge in [0.15, 0.2) is 0 Å². The topological polar surface area (TPSA) is 21.3 Å². The van der Waals surface area contributed by atoms with Crippen LogP contribution in [0.3, 0.4) is 0 Å². The smallest absolute Gasteiger partial charge is 0.0587 e. The summed E-state index contributed by atoms with van der Waals surface area (Å²) in [4.78, 5) is 0. The van der Waals surface area contributed by atoms with Crippen LogP contribution in [-0.2, 0) is 4.74 Å². The molecule has 0 heterocycles. The summed E-state index contributed by atoms with van der Waals surface area (Å²) >= 11 is 0. The quantitative estimate of drug-likeness (QED) is 0.720. The summed E-state index contributed by atoms with van der Waals surface area (Å²) in [7, 11) is 1.72. The monoisotopic (exact) mass is 205 g/mol. The highest BCUT2D eigenvalue weighted by molar-refractivity contribution is 5.52. The van der Waals surface area contributed by atoms with E-state index in [4.69, 9.17) is 4.74 Å². The molecule has 1 rings (SSSR count). The molecule has 1 N–H and O–H groups in total. The van der Waals surface area contributed by atoms with Crippen molar-refractivity contribution in [3.05, 3.63) is 41.5 Å². The lowest BCUT2D eigenvalue weighted by Gasteiger charge is -2.04. The van der Waals surface area contributed by atoms with Crippen LogP contribution in [0.2, 0.25) is 0 Å². The van der Waals surface area contributed by atoms with Crippen LogP contribution < -0.4 is 5.32 Å². The fourth-order valence-electron chi connectivity index (χ4n) is 1.34. The second kappa shape index (κ2) is 7.21. The normalized spacial score (nSPS) is 11.7. The van der Waals surface area contributed by atoms with Gasteiger partial charge in [-0.3, -0.25) is 0 Å². The molecule has 0 fully saturated rings. The molecular weight excluding hydrogens is 186 g/mol. The van der Waals surface area contributed by atoms with Crippen molar-refractivity contribution in [3.63, 3.8) is 0 Å². The van der Waals surface area contributed by atoms with Crippen molar-refractivity contribution in [2.24, 2.45) is 0 Å². The molecule has 0 amide bonds. The number of benzene rings is 1. The zero-order valence-corrected chi connectivity index (χ0v) is 9.49. The van der Waals surface area contributed by atoms with Gasteiger partial charge in [0, 0.05) is 20.2 Å². The molecule has 0 unspecified atom stereocenters. The van der Waals surface area contributed by atoms with Crippen molar-refractivity contribution in [3.8, 4) is 0 Å². The lowest BCUT2D eigenvalue weighted by molar-refractivity contribution is 0.200.